The van der Waals surface area contributed by atoms with Crippen molar-refractivity contribution in [1.82, 2.24) is 9.97 Å². The Hall–Kier alpha value is -3.94. The molecule has 0 aliphatic heterocycles. The van der Waals surface area contributed by atoms with Gasteiger partial charge in [0.15, 0.2) is 5.82 Å². The Balaban J connectivity index is 1.76. The van der Waals surface area contributed by atoms with Gasteiger partial charge < -0.3 is 10.1 Å². The van der Waals surface area contributed by atoms with Gasteiger partial charge in [0.1, 0.15) is 5.69 Å². The number of benzene rings is 3. The van der Waals surface area contributed by atoms with Crippen LogP contribution in [0.15, 0.2) is 72.8 Å². The highest BCUT2D eigenvalue weighted by Crippen LogP contribution is 2.33. The molecular formula is C24H18F3N3O2. The lowest BCUT2D eigenvalue weighted by molar-refractivity contribution is -0.137. The van der Waals surface area contributed by atoms with Crippen molar-refractivity contribution < 1.29 is 22.7 Å². The van der Waals surface area contributed by atoms with Gasteiger partial charge >= 0.3 is 12.1 Å². The number of aromatic nitrogens is 2. The Morgan fingerprint density at radius 3 is 2.31 bits per heavy atom. The molecule has 0 bridgehead atoms. The predicted molar refractivity (Wildman–Crippen MR) is 116 cm³/mol. The van der Waals surface area contributed by atoms with Crippen LogP contribution in [0.3, 0.4) is 0 Å². The number of anilines is 2. The van der Waals surface area contributed by atoms with Gasteiger partial charge in [-0.3, -0.25) is 0 Å². The lowest BCUT2D eigenvalue weighted by atomic mass is 10.1. The number of esters is 1. The first kappa shape index (κ1) is 21.3. The van der Waals surface area contributed by atoms with Crippen molar-refractivity contribution in [2.75, 3.05) is 11.9 Å². The Bertz CT molecular complexity index is 1260. The summed E-state index contributed by atoms with van der Waals surface area (Å²) in [4.78, 5) is 20.9. The molecule has 3 aromatic carbocycles. The normalized spacial score (nSPS) is 11.4. The van der Waals surface area contributed by atoms with Gasteiger partial charge in [-0.1, -0.05) is 30.3 Å². The molecule has 0 saturated carbocycles. The molecule has 4 rings (SSSR count). The van der Waals surface area contributed by atoms with Crippen molar-refractivity contribution in [3.05, 3.63) is 83.9 Å². The molecule has 0 fully saturated rings. The molecule has 0 unspecified atom stereocenters. The van der Waals surface area contributed by atoms with Gasteiger partial charge in [-0.05, 0) is 49.4 Å². The number of ether oxygens (including phenoxy) is 1. The number of alkyl halides is 3. The number of carbonyl (C=O) groups is 1. The maximum atomic E-state index is 13.2. The maximum Gasteiger partial charge on any atom is 0.416 e. The lowest BCUT2D eigenvalue weighted by Gasteiger charge is -2.14. The Labute approximate surface area is 181 Å². The molecule has 0 aliphatic carbocycles. The number of rotatable bonds is 5. The summed E-state index contributed by atoms with van der Waals surface area (Å²) < 4.78 is 44.4. The van der Waals surface area contributed by atoms with Crippen LogP contribution in [0.2, 0.25) is 0 Å². The number of hydrogen-bond donors (Lipinski definition) is 1. The largest absolute Gasteiger partial charge is 0.462 e. The van der Waals surface area contributed by atoms with Crippen molar-refractivity contribution in [2.45, 2.75) is 13.1 Å². The van der Waals surface area contributed by atoms with E-state index in [9.17, 15) is 18.0 Å². The standard InChI is InChI=1S/C24H18F3N3O2/c1-2-32-23(31)16-8-11-18(12-9-16)28-22-21(15-6-4-3-5-7-15)29-20-14-17(24(25,26)27)10-13-19(20)30-22/h3-14H,2H2,1H3,(H,28,30). The van der Waals surface area contributed by atoms with Gasteiger partial charge in [-0.25, -0.2) is 14.8 Å². The van der Waals surface area contributed by atoms with Crippen molar-refractivity contribution in [2.24, 2.45) is 0 Å². The number of nitrogens with zero attached hydrogens (tertiary/aromatic N) is 2. The monoisotopic (exact) mass is 437 g/mol. The first-order valence-corrected chi connectivity index (χ1v) is 9.84. The first-order valence-electron chi connectivity index (χ1n) is 9.84. The van der Waals surface area contributed by atoms with Gasteiger partial charge in [-0.15, -0.1) is 0 Å². The molecule has 0 saturated heterocycles. The van der Waals surface area contributed by atoms with Crippen molar-refractivity contribution in [1.29, 1.82) is 0 Å². The molecular weight excluding hydrogens is 419 g/mol. The van der Waals surface area contributed by atoms with Crippen LogP contribution < -0.4 is 5.32 Å². The highest BCUT2D eigenvalue weighted by atomic mass is 19.4. The Kier molecular flexibility index (Phi) is 5.77. The van der Waals surface area contributed by atoms with E-state index in [-0.39, 0.29) is 12.1 Å². The first-order chi connectivity index (χ1) is 15.3. The quantitative estimate of drug-likeness (QED) is 0.375. The second-order valence-electron chi connectivity index (χ2n) is 6.91. The van der Waals surface area contributed by atoms with Crippen LogP contribution in [0.1, 0.15) is 22.8 Å². The van der Waals surface area contributed by atoms with E-state index in [0.717, 1.165) is 12.1 Å². The fourth-order valence-electron chi connectivity index (χ4n) is 3.16. The van der Waals surface area contributed by atoms with Gasteiger partial charge in [0.25, 0.3) is 0 Å². The smallest absolute Gasteiger partial charge is 0.416 e. The molecule has 0 spiro atoms. The summed E-state index contributed by atoms with van der Waals surface area (Å²) in [7, 11) is 0. The van der Waals surface area contributed by atoms with E-state index >= 15 is 0 Å². The third kappa shape index (κ3) is 4.54. The van der Waals surface area contributed by atoms with Crippen LogP contribution >= 0.6 is 0 Å². The van der Waals surface area contributed by atoms with Crippen molar-refractivity contribution >= 4 is 28.5 Å². The minimum atomic E-state index is -4.47. The summed E-state index contributed by atoms with van der Waals surface area (Å²) in [6.07, 6.45) is -4.47. The van der Waals surface area contributed by atoms with Crippen molar-refractivity contribution in [3.8, 4) is 11.3 Å². The molecule has 0 amide bonds. The number of carbonyl (C=O) groups excluding carboxylic acids is 1. The molecule has 8 heteroatoms. The maximum absolute atomic E-state index is 13.2. The minimum absolute atomic E-state index is 0.141. The minimum Gasteiger partial charge on any atom is -0.462 e. The molecule has 162 valence electrons. The average molecular weight is 437 g/mol. The van der Waals surface area contributed by atoms with Crippen LogP contribution in [0.5, 0.6) is 0 Å². The van der Waals surface area contributed by atoms with E-state index < -0.39 is 17.7 Å². The molecule has 4 aromatic rings. The van der Waals surface area contributed by atoms with Crippen LogP contribution in [0.4, 0.5) is 24.7 Å². The summed E-state index contributed by atoms with van der Waals surface area (Å²) in [6, 6.07) is 19.0. The van der Waals surface area contributed by atoms with E-state index in [4.69, 9.17) is 4.74 Å². The van der Waals surface area contributed by atoms with Crippen molar-refractivity contribution in [3.63, 3.8) is 0 Å². The average Bonchev–Trinajstić information content (AvgIpc) is 2.79. The predicted octanol–water partition coefficient (Wildman–Crippen LogP) is 6.24. The molecule has 0 atom stereocenters. The topological polar surface area (TPSA) is 64.1 Å². The second kappa shape index (κ2) is 8.66. The highest BCUT2D eigenvalue weighted by Gasteiger charge is 2.30. The third-order valence-electron chi connectivity index (χ3n) is 4.70. The lowest BCUT2D eigenvalue weighted by Crippen LogP contribution is -2.06. The third-order valence-corrected chi connectivity index (χ3v) is 4.70. The molecule has 32 heavy (non-hydrogen) atoms. The highest BCUT2D eigenvalue weighted by molar-refractivity contribution is 5.90. The molecule has 1 aromatic heterocycles. The van der Waals surface area contributed by atoms with E-state index in [1.807, 2.05) is 18.2 Å². The van der Waals surface area contributed by atoms with Crippen LogP contribution in [0, 0.1) is 0 Å². The van der Waals surface area contributed by atoms with E-state index in [1.165, 1.54) is 6.07 Å². The van der Waals surface area contributed by atoms with Gasteiger partial charge in [-0.2, -0.15) is 13.2 Å². The van der Waals surface area contributed by atoms with Gasteiger partial charge in [0.05, 0.1) is 28.8 Å². The molecule has 0 radical (unpaired) electrons. The Morgan fingerprint density at radius 1 is 0.938 bits per heavy atom. The summed E-state index contributed by atoms with van der Waals surface area (Å²) >= 11 is 0. The molecule has 1 N–H and O–H groups in total. The van der Waals surface area contributed by atoms with Gasteiger partial charge in [0, 0.05) is 11.3 Å². The summed E-state index contributed by atoms with van der Waals surface area (Å²) in [6.45, 7) is 2.01. The van der Waals surface area contributed by atoms with Crippen LogP contribution in [0.25, 0.3) is 22.3 Å². The molecule has 0 aliphatic rings. The zero-order chi connectivity index (χ0) is 22.7. The SMILES string of the molecule is CCOC(=O)c1ccc(Nc2nc3ccc(C(F)(F)F)cc3nc2-c2ccccc2)cc1. The second-order valence-corrected chi connectivity index (χ2v) is 6.91. The van der Waals surface area contributed by atoms with Crippen LogP contribution in [-0.4, -0.2) is 22.5 Å². The molecule has 1 heterocycles. The summed E-state index contributed by atoms with van der Waals surface area (Å²) in [5.41, 5.74) is 1.83. The number of fused-ring (bicyclic) bond motifs is 1. The number of nitrogens with one attached hydrogen (secondary N) is 1. The van der Waals surface area contributed by atoms with E-state index in [2.05, 4.69) is 15.3 Å². The number of hydrogen-bond acceptors (Lipinski definition) is 5. The zero-order valence-electron chi connectivity index (χ0n) is 17.0. The van der Waals surface area contributed by atoms with E-state index in [0.29, 0.717) is 33.8 Å². The van der Waals surface area contributed by atoms with Gasteiger partial charge in [0.2, 0.25) is 0 Å². The molecule has 5 nitrogen and oxygen atoms in total. The summed E-state index contributed by atoms with van der Waals surface area (Å²) in [5.74, 6) is -0.0395. The summed E-state index contributed by atoms with van der Waals surface area (Å²) in [5, 5.41) is 3.16. The Morgan fingerprint density at radius 2 is 1.66 bits per heavy atom. The fraction of sp³-hybridized carbons (Fsp3) is 0.125. The van der Waals surface area contributed by atoms with Crippen LogP contribution in [-0.2, 0) is 10.9 Å². The fourth-order valence-corrected chi connectivity index (χ4v) is 3.16. The van der Waals surface area contributed by atoms with E-state index in [1.54, 1.807) is 43.3 Å². The number of halogens is 3. The zero-order valence-corrected chi connectivity index (χ0v) is 17.0.